The van der Waals surface area contributed by atoms with Crippen LogP contribution < -0.4 is 10.1 Å². The van der Waals surface area contributed by atoms with E-state index in [-0.39, 0.29) is 17.6 Å². The van der Waals surface area contributed by atoms with Gasteiger partial charge in [0.15, 0.2) is 5.17 Å². The summed E-state index contributed by atoms with van der Waals surface area (Å²) in [6.07, 6.45) is 0. The molecule has 0 aromatic heterocycles. The van der Waals surface area contributed by atoms with Crippen molar-refractivity contribution in [2.24, 2.45) is 9.98 Å². The van der Waals surface area contributed by atoms with Crippen LogP contribution in [0.4, 0.5) is 11.4 Å². The van der Waals surface area contributed by atoms with Crippen LogP contribution in [0.2, 0.25) is 0 Å². The zero-order chi connectivity index (χ0) is 23.5. The molecule has 2 heterocycles. The van der Waals surface area contributed by atoms with E-state index in [2.05, 4.69) is 10.3 Å². The van der Waals surface area contributed by atoms with E-state index in [9.17, 15) is 9.59 Å². The van der Waals surface area contributed by atoms with Gasteiger partial charge < -0.3 is 10.1 Å². The maximum absolute atomic E-state index is 13.0. The molecule has 0 fully saturated rings. The second-order valence-corrected chi connectivity index (χ2v) is 8.58. The summed E-state index contributed by atoms with van der Waals surface area (Å²) in [4.78, 5) is 36.8. The summed E-state index contributed by atoms with van der Waals surface area (Å²) in [5.41, 5.74) is 2.97. The Bertz CT molecular complexity index is 1310. The normalized spacial score (nSPS) is 16.3. The van der Waals surface area contributed by atoms with Gasteiger partial charge in [-0.25, -0.2) is 4.99 Å². The molecular weight excluding hydrogens is 448 g/mol. The molecule has 2 aliphatic rings. The molecule has 1 N–H and O–H groups in total. The third-order valence-electron chi connectivity index (χ3n) is 5.41. The first kappa shape index (κ1) is 21.9. The summed E-state index contributed by atoms with van der Waals surface area (Å²) in [7, 11) is 0. The minimum atomic E-state index is -0.613. The number of nitrogens with zero attached hydrogens (tertiary/aromatic N) is 3. The molecule has 3 aromatic rings. The van der Waals surface area contributed by atoms with E-state index in [1.165, 1.54) is 11.8 Å². The van der Waals surface area contributed by atoms with Crippen LogP contribution >= 0.6 is 11.8 Å². The highest BCUT2D eigenvalue weighted by Gasteiger charge is 2.42. The molecule has 3 aromatic carbocycles. The van der Waals surface area contributed by atoms with Crippen LogP contribution in [0.25, 0.3) is 0 Å². The van der Waals surface area contributed by atoms with Crippen LogP contribution in [-0.2, 0) is 9.59 Å². The monoisotopic (exact) mass is 470 g/mol. The predicted octanol–water partition coefficient (Wildman–Crippen LogP) is 4.79. The van der Waals surface area contributed by atoms with E-state index < -0.39 is 6.04 Å². The Morgan fingerprint density at radius 2 is 1.74 bits per heavy atom. The molecule has 34 heavy (non-hydrogen) atoms. The predicted molar refractivity (Wildman–Crippen MR) is 135 cm³/mol. The Morgan fingerprint density at radius 1 is 1.00 bits per heavy atom. The molecule has 1 unspecified atom stereocenters. The van der Waals surface area contributed by atoms with Crippen molar-refractivity contribution in [2.45, 2.75) is 13.0 Å². The van der Waals surface area contributed by atoms with Gasteiger partial charge in [-0.1, -0.05) is 66.4 Å². The molecule has 2 amide bonds. The van der Waals surface area contributed by atoms with Crippen molar-refractivity contribution in [3.8, 4) is 5.75 Å². The molecule has 0 saturated heterocycles. The number of hydrogen-bond acceptors (Lipinski definition) is 6. The van der Waals surface area contributed by atoms with E-state index in [0.717, 1.165) is 16.8 Å². The van der Waals surface area contributed by atoms with Crippen LogP contribution in [0.3, 0.4) is 0 Å². The second kappa shape index (κ2) is 9.52. The zero-order valence-corrected chi connectivity index (χ0v) is 19.3. The van der Waals surface area contributed by atoms with Gasteiger partial charge in [-0.3, -0.25) is 14.5 Å². The Kier molecular flexibility index (Phi) is 6.14. The van der Waals surface area contributed by atoms with Crippen molar-refractivity contribution in [1.82, 2.24) is 4.90 Å². The fourth-order valence-corrected chi connectivity index (χ4v) is 4.78. The van der Waals surface area contributed by atoms with Gasteiger partial charge in [-0.05, 0) is 36.8 Å². The number of amides is 2. The summed E-state index contributed by atoms with van der Waals surface area (Å²) in [5, 5.41) is 3.47. The maximum atomic E-state index is 13.0. The van der Waals surface area contributed by atoms with Crippen molar-refractivity contribution in [3.63, 3.8) is 0 Å². The molecule has 5 rings (SSSR count). The van der Waals surface area contributed by atoms with Gasteiger partial charge in [0, 0.05) is 5.56 Å². The number of rotatable bonds is 6. The number of para-hydroxylation sites is 3. The topological polar surface area (TPSA) is 83.4 Å². The highest BCUT2D eigenvalue weighted by atomic mass is 32.2. The quantitative estimate of drug-likeness (QED) is 0.560. The number of ether oxygens (including phenoxy) is 1. The lowest BCUT2D eigenvalue weighted by Crippen LogP contribution is -2.39. The highest BCUT2D eigenvalue weighted by molar-refractivity contribution is 8.14. The Balaban J connectivity index is 1.41. The van der Waals surface area contributed by atoms with Gasteiger partial charge in [0.1, 0.15) is 17.6 Å². The molecule has 0 spiro atoms. The van der Waals surface area contributed by atoms with E-state index in [1.54, 1.807) is 6.07 Å². The maximum Gasteiger partial charge on any atom is 0.275 e. The lowest BCUT2D eigenvalue weighted by Gasteiger charge is -2.31. The lowest BCUT2D eigenvalue weighted by molar-refractivity contribution is -0.119. The summed E-state index contributed by atoms with van der Waals surface area (Å²) in [5.74, 6) is 0.853. The van der Waals surface area contributed by atoms with E-state index in [1.807, 2.05) is 84.6 Å². The number of fused-ring (bicyclic) bond motifs is 3. The first-order valence-electron chi connectivity index (χ1n) is 10.9. The van der Waals surface area contributed by atoms with Crippen LogP contribution in [0.1, 0.15) is 24.1 Å². The third-order valence-corrected chi connectivity index (χ3v) is 6.36. The largest absolute Gasteiger partial charge is 0.492 e. The Labute approximate surface area is 201 Å². The molecule has 0 radical (unpaired) electrons. The summed E-state index contributed by atoms with van der Waals surface area (Å²) < 4.78 is 5.60. The number of carbonyl (C=O) groups excluding carboxylic acids is 2. The number of amidine groups is 2. The number of anilines is 1. The van der Waals surface area contributed by atoms with Crippen molar-refractivity contribution < 1.29 is 14.3 Å². The van der Waals surface area contributed by atoms with Crippen LogP contribution in [0.15, 0.2) is 88.8 Å². The van der Waals surface area contributed by atoms with Gasteiger partial charge >= 0.3 is 0 Å². The fourth-order valence-electron chi connectivity index (χ4n) is 3.96. The van der Waals surface area contributed by atoms with Crippen LogP contribution in [0, 0.1) is 0 Å². The van der Waals surface area contributed by atoms with Crippen LogP contribution in [-0.4, -0.2) is 40.1 Å². The zero-order valence-electron chi connectivity index (χ0n) is 18.5. The minimum absolute atomic E-state index is 0.112. The van der Waals surface area contributed by atoms with Crippen molar-refractivity contribution in [1.29, 1.82) is 0 Å². The average molecular weight is 471 g/mol. The van der Waals surface area contributed by atoms with Gasteiger partial charge in [0.05, 0.1) is 23.7 Å². The SMILES string of the molecule is CCOc1ccccc1NC(=O)CSC1=Nc2ccccc2C2=NC(=O)C(c3ccccc3)N12. The average Bonchev–Trinajstić information content (AvgIpc) is 3.22. The fraction of sp³-hybridized carbons (Fsp3) is 0.154. The van der Waals surface area contributed by atoms with Crippen LogP contribution in [0.5, 0.6) is 5.75 Å². The van der Waals surface area contributed by atoms with Gasteiger partial charge in [0.2, 0.25) is 5.91 Å². The molecule has 0 aliphatic carbocycles. The molecule has 170 valence electrons. The molecular formula is C26H22N4O3S. The molecule has 0 bridgehead atoms. The first-order chi connectivity index (χ1) is 16.7. The van der Waals surface area contributed by atoms with Crippen molar-refractivity contribution in [3.05, 3.63) is 90.0 Å². The molecule has 8 heteroatoms. The minimum Gasteiger partial charge on any atom is -0.492 e. The lowest BCUT2D eigenvalue weighted by atomic mass is 10.0. The smallest absolute Gasteiger partial charge is 0.275 e. The number of thioether (sulfide) groups is 1. The number of carbonyl (C=O) groups is 2. The number of benzene rings is 3. The van der Waals surface area contributed by atoms with E-state index >= 15 is 0 Å². The van der Waals surface area contributed by atoms with Crippen molar-refractivity contribution >= 4 is 46.0 Å². The van der Waals surface area contributed by atoms with E-state index in [0.29, 0.717) is 29.0 Å². The summed E-state index contributed by atoms with van der Waals surface area (Å²) in [6.45, 7) is 2.40. The van der Waals surface area contributed by atoms with Gasteiger partial charge in [0.25, 0.3) is 5.91 Å². The molecule has 1 atom stereocenters. The van der Waals surface area contributed by atoms with E-state index in [4.69, 9.17) is 9.73 Å². The Hall–Kier alpha value is -3.91. The van der Waals surface area contributed by atoms with Gasteiger partial charge in [-0.2, -0.15) is 4.99 Å². The first-order valence-corrected chi connectivity index (χ1v) is 11.9. The van der Waals surface area contributed by atoms with Crippen molar-refractivity contribution in [2.75, 3.05) is 17.7 Å². The van der Waals surface area contributed by atoms with Gasteiger partial charge in [-0.15, -0.1) is 0 Å². The number of nitrogens with one attached hydrogen (secondary N) is 1. The highest BCUT2D eigenvalue weighted by Crippen LogP contribution is 2.39. The number of hydrogen-bond donors (Lipinski definition) is 1. The molecule has 0 saturated carbocycles. The Morgan fingerprint density at radius 3 is 2.56 bits per heavy atom. The third kappa shape index (κ3) is 4.20. The molecule has 7 nitrogen and oxygen atoms in total. The second-order valence-electron chi connectivity index (χ2n) is 7.63. The number of aliphatic imine (C=N–C) groups is 2. The summed E-state index contributed by atoms with van der Waals surface area (Å²) in [6, 6.07) is 23.8. The standard InChI is InChI=1S/C26H22N4O3S/c1-2-33-21-15-9-8-14-20(21)27-22(31)16-34-26-28-19-13-7-6-12-18(19)24-29-25(32)23(30(24)26)17-10-4-3-5-11-17/h3-15,23H,2,16H2,1H3,(H,27,31). The molecule has 2 aliphatic heterocycles. The summed E-state index contributed by atoms with van der Waals surface area (Å²) >= 11 is 1.27.